The molecule has 2 aliphatic heterocycles. The zero-order valence-electron chi connectivity index (χ0n) is 16.2. The van der Waals surface area contributed by atoms with Gasteiger partial charge >= 0.3 is 0 Å². The Kier molecular flexibility index (Phi) is 5.22. The first-order chi connectivity index (χ1) is 13.5. The van der Waals surface area contributed by atoms with Crippen molar-refractivity contribution in [3.05, 3.63) is 41.6 Å². The number of nitrogens with zero attached hydrogens (tertiary/aromatic N) is 5. The lowest BCUT2D eigenvalue weighted by Gasteiger charge is -2.32. The van der Waals surface area contributed by atoms with Gasteiger partial charge in [-0.15, -0.1) is 0 Å². The summed E-state index contributed by atoms with van der Waals surface area (Å²) in [5, 5.41) is 0. The second-order valence-corrected chi connectivity index (χ2v) is 9.11. The maximum atomic E-state index is 13.0. The van der Waals surface area contributed by atoms with Crippen LogP contribution >= 0.6 is 0 Å². The molecule has 0 unspecified atom stereocenters. The zero-order valence-corrected chi connectivity index (χ0v) is 17.0. The average Bonchev–Trinajstić information content (AvgIpc) is 2.73. The molecule has 0 radical (unpaired) electrons. The summed E-state index contributed by atoms with van der Waals surface area (Å²) in [4.78, 5) is 13.9. The third-order valence-corrected chi connectivity index (χ3v) is 6.95. The number of fused-ring (bicyclic) bond motifs is 1. The van der Waals surface area contributed by atoms with Crippen molar-refractivity contribution in [3.8, 4) is 0 Å². The van der Waals surface area contributed by atoms with E-state index in [2.05, 4.69) is 4.90 Å². The molecule has 0 aliphatic carbocycles. The van der Waals surface area contributed by atoms with Crippen LogP contribution in [0.1, 0.15) is 11.3 Å². The van der Waals surface area contributed by atoms with E-state index in [1.165, 1.54) is 4.31 Å². The van der Waals surface area contributed by atoms with E-state index in [9.17, 15) is 8.42 Å². The predicted molar refractivity (Wildman–Crippen MR) is 107 cm³/mol. The number of ether oxygens (including phenoxy) is 1. The molecular weight excluding hydrogens is 378 g/mol. The second-order valence-electron chi connectivity index (χ2n) is 7.17. The van der Waals surface area contributed by atoms with Crippen molar-refractivity contribution in [2.24, 2.45) is 0 Å². The minimum absolute atomic E-state index is 0.281. The molecule has 1 aromatic carbocycles. The third kappa shape index (κ3) is 3.57. The topological polar surface area (TPSA) is 78.9 Å². The number of aromatic nitrogens is 2. The van der Waals surface area contributed by atoms with Crippen LogP contribution in [0.5, 0.6) is 0 Å². The van der Waals surface area contributed by atoms with Crippen LogP contribution in [0.25, 0.3) is 0 Å². The van der Waals surface area contributed by atoms with E-state index < -0.39 is 10.0 Å². The summed E-state index contributed by atoms with van der Waals surface area (Å²) in [5.41, 5.74) is 1.81. The first-order valence-corrected chi connectivity index (χ1v) is 10.9. The summed E-state index contributed by atoms with van der Waals surface area (Å²) in [5.74, 6) is 1.48. The number of hydrogen-bond donors (Lipinski definition) is 0. The van der Waals surface area contributed by atoms with Crippen molar-refractivity contribution < 1.29 is 13.2 Å². The van der Waals surface area contributed by atoms with Gasteiger partial charge in [0.1, 0.15) is 5.82 Å². The molecule has 150 valence electrons. The fourth-order valence-electron chi connectivity index (χ4n) is 3.58. The van der Waals surface area contributed by atoms with Crippen molar-refractivity contribution in [1.29, 1.82) is 0 Å². The van der Waals surface area contributed by atoms with Gasteiger partial charge in [-0.05, 0) is 12.1 Å². The highest BCUT2D eigenvalue weighted by atomic mass is 32.2. The van der Waals surface area contributed by atoms with Crippen LogP contribution in [0.3, 0.4) is 0 Å². The second kappa shape index (κ2) is 7.65. The van der Waals surface area contributed by atoms with Crippen molar-refractivity contribution >= 4 is 21.8 Å². The molecule has 28 heavy (non-hydrogen) atoms. The number of benzene rings is 1. The predicted octanol–water partition coefficient (Wildman–Crippen LogP) is 1.13. The van der Waals surface area contributed by atoms with Crippen LogP contribution in [0, 0.1) is 0 Å². The SMILES string of the molecule is CN(C)c1nc(N2CCOCC2)nc2c1CN(S(=O)(=O)c1ccccc1)CC2. The molecule has 0 spiro atoms. The number of morpholine rings is 1. The van der Waals surface area contributed by atoms with E-state index in [0.29, 0.717) is 37.0 Å². The van der Waals surface area contributed by atoms with Gasteiger partial charge in [-0.3, -0.25) is 0 Å². The van der Waals surface area contributed by atoms with Gasteiger partial charge in [0.25, 0.3) is 0 Å². The average molecular weight is 404 g/mol. The molecule has 0 amide bonds. The maximum Gasteiger partial charge on any atom is 0.243 e. The summed E-state index contributed by atoms with van der Waals surface area (Å²) >= 11 is 0. The molecule has 8 nitrogen and oxygen atoms in total. The lowest BCUT2D eigenvalue weighted by Crippen LogP contribution is -2.40. The Bertz CT molecular complexity index is 944. The van der Waals surface area contributed by atoms with Gasteiger partial charge < -0.3 is 14.5 Å². The molecule has 0 saturated carbocycles. The molecule has 3 heterocycles. The van der Waals surface area contributed by atoms with Crippen LogP contribution in [0.4, 0.5) is 11.8 Å². The lowest BCUT2D eigenvalue weighted by molar-refractivity contribution is 0.122. The third-order valence-electron chi connectivity index (χ3n) is 5.09. The largest absolute Gasteiger partial charge is 0.378 e. The van der Waals surface area contributed by atoms with Gasteiger partial charge in [-0.1, -0.05) is 18.2 Å². The van der Waals surface area contributed by atoms with Crippen LogP contribution in [0.2, 0.25) is 0 Å². The van der Waals surface area contributed by atoms with Gasteiger partial charge in [0.05, 0.1) is 23.8 Å². The number of hydrogen-bond acceptors (Lipinski definition) is 7. The van der Waals surface area contributed by atoms with Crippen molar-refractivity contribution in [2.75, 3.05) is 56.7 Å². The summed E-state index contributed by atoms with van der Waals surface area (Å²) in [6.45, 7) is 3.56. The summed E-state index contributed by atoms with van der Waals surface area (Å²) < 4.78 is 33.0. The highest BCUT2D eigenvalue weighted by Gasteiger charge is 2.32. The first-order valence-electron chi connectivity index (χ1n) is 9.42. The molecule has 1 aromatic heterocycles. The quantitative estimate of drug-likeness (QED) is 0.757. The summed E-state index contributed by atoms with van der Waals surface area (Å²) in [6.07, 6.45) is 0.572. The van der Waals surface area contributed by atoms with Gasteiger partial charge in [-0.25, -0.2) is 13.4 Å². The van der Waals surface area contributed by atoms with Gasteiger partial charge in [-0.2, -0.15) is 9.29 Å². The molecule has 0 atom stereocenters. The highest BCUT2D eigenvalue weighted by molar-refractivity contribution is 7.89. The Morgan fingerprint density at radius 2 is 1.75 bits per heavy atom. The van der Waals surface area contributed by atoms with Crippen LogP contribution < -0.4 is 9.80 Å². The molecule has 2 aromatic rings. The Labute approximate surface area is 165 Å². The van der Waals surface area contributed by atoms with E-state index in [4.69, 9.17) is 14.7 Å². The van der Waals surface area contributed by atoms with Crippen molar-refractivity contribution in [1.82, 2.24) is 14.3 Å². The van der Waals surface area contributed by atoms with E-state index in [1.807, 2.05) is 25.1 Å². The molecule has 2 aliphatic rings. The minimum Gasteiger partial charge on any atom is -0.378 e. The highest BCUT2D eigenvalue weighted by Crippen LogP contribution is 2.31. The van der Waals surface area contributed by atoms with Crippen molar-refractivity contribution in [2.45, 2.75) is 17.9 Å². The summed E-state index contributed by atoms with van der Waals surface area (Å²) in [7, 11) is 0.308. The maximum absolute atomic E-state index is 13.0. The Balaban J connectivity index is 1.68. The van der Waals surface area contributed by atoms with Crippen LogP contribution in [-0.2, 0) is 27.7 Å². The smallest absolute Gasteiger partial charge is 0.243 e. The normalized spacial score (nSPS) is 18.0. The van der Waals surface area contributed by atoms with Crippen molar-refractivity contribution in [3.63, 3.8) is 0 Å². The number of rotatable bonds is 4. The Morgan fingerprint density at radius 1 is 1.04 bits per heavy atom. The minimum atomic E-state index is -3.55. The van der Waals surface area contributed by atoms with E-state index in [1.54, 1.807) is 24.3 Å². The van der Waals surface area contributed by atoms with Gasteiger partial charge in [0.2, 0.25) is 16.0 Å². The molecule has 0 N–H and O–H groups in total. The fraction of sp³-hybridized carbons (Fsp3) is 0.474. The Hall–Kier alpha value is -2.23. The van der Waals surface area contributed by atoms with Gasteiger partial charge in [0.15, 0.2) is 0 Å². The molecule has 9 heteroatoms. The molecule has 1 fully saturated rings. The monoisotopic (exact) mass is 403 g/mol. The number of sulfonamides is 1. The van der Waals surface area contributed by atoms with E-state index in [-0.39, 0.29) is 6.54 Å². The molecule has 0 bridgehead atoms. The van der Waals surface area contributed by atoms with Crippen LogP contribution in [0.15, 0.2) is 35.2 Å². The number of anilines is 2. The standard InChI is InChI=1S/C19H25N5O3S/c1-22(2)18-16-14-24(28(25,26)15-6-4-3-5-7-15)9-8-17(16)20-19(21-18)23-10-12-27-13-11-23/h3-7H,8-14H2,1-2H3. The van der Waals surface area contributed by atoms with E-state index in [0.717, 1.165) is 30.2 Å². The zero-order chi connectivity index (χ0) is 19.7. The summed E-state index contributed by atoms with van der Waals surface area (Å²) in [6, 6.07) is 8.57. The lowest BCUT2D eigenvalue weighted by atomic mass is 10.1. The first kappa shape index (κ1) is 19.1. The Morgan fingerprint density at radius 3 is 2.43 bits per heavy atom. The van der Waals surface area contributed by atoms with Crippen LogP contribution in [-0.4, -0.2) is 69.6 Å². The van der Waals surface area contributed by atoms with Gasteiger partial charge in [0, 0.05) is 52.3 Å². The molecule has 4 rings (SSSR count). The fourth-order valence-corrected chi connectivity index (χ4v) is 5.01. The molecule has 1 saturated heterocycles. The molecular formula is C19H25N5O3S. The van der Waals surface area contributed by atoms with E-state index >= 15 is 0 Å².